The molecule has 6 heteroatoms. The highest BCUT2D eigenvalue weighted by Gasteiger charge is 2.25. The van der Waals surface area contributed by atoms with E-state index in [2.05, 4.69) is 5.32 Å². The summed E-state index contributed by atoms with van der Waals surface area (Å²) in [5.41, 5.74) is 0. The maximum atomic E-state index is 12.3. The van der Waals surface area contributed by atoms with Crippen LogP contribution < -0.4 is 10.1 Å². The Morgan fingerprint density at radius 3 is 2.79 bits per heavy atom. The fourth-order valence-electron chi connectivity index (χ4n) is 3.21. The SMILES string of the molecule is O=C(NC[C@H]1CCCOC1)N1CCC(Oc2ccccc2Cl)CC1. The third-order valence-corrected chi connectivity index (χ3v) is 4.97. The van der Waals surface area contributed by atoms with Crippen molar-refractivity contribution in [2.24, 2.45) is 5.92 Å². The lowest BCUT2D eigenvalue weighted by Gasteiger charge is -2.33. The number of hydrogen-bond donors (Lipinski definition) is 1. The van der Waals surface area contributed by atoms with Crippen molar-refractivity contribution in [3.05, 3.63) is 29.3 Å². The summed E-state index contributed by atoms with van der Waals surface area (Å²) in [6.07, 6.45) is 3.98. The summed E-state index contributed by atoms with van der Waals surface area (Å²) < 4.78 is 11.4. The molecule has 2 heterocycles. The van der Waals surface area contributed by atoms with E-state index < -0.39 is 0 Å². The predicted octanol–water partition coefficient (Wildman–Crippen LogP) is 3.32. The predicted molar refractivity (Wildman–Crippen MR) is 93.6 cm³/mol. The lowest BCUT2D eigenvalue weighted by atomic mass is 10.0. The number of ether oxygens (including phenoxy) is 2. The van der Waals surface area contributed by atoms with E-state index in [0.29, 0.717) is 30.6 Å². The summed E-state index contributed by atoms with van der Waals surface area (Å²) in [5.74, 6) is 1.17. The van der Waals surface area contributed by atoms with Crippen molar-refractivity contribution in [3.8, 4) is 5.75 Å². The van der Waals surface area contributed by atoms with E-state index in [0.717, 1.165) is 44.6 Å². The van der Waals surface area contributed by atoms with Crippen molar-refractivity contribution in [1.82, 2.24) is 10.2 Å². The van der Waals surface area contributed by atoms with Gasteiger partial charge in [0.05, 0.1) is 11.6 Å². The third-order valence-electron chi connectivity index (χ3n) is 4.66. The van der Waals surface area contributed by atoms with E-state index in [1.165, 1.54) is 0 Å². The van der Waals surface area contributed by atoms with E-state index in [4.69, 9.17) is 21.1 Å². The second-order valence-corrected chi connectivity index (χ2v) is 6.91. The molecule has 2 aliphatic rings. The molecule has 2 saturated heterocycles. The van der Waals surface area contributed by atoms with Gasteiger partial charge in [0.15, 0.2) is 0 Å². The van der Waals surface area contributed by atoms with Crippen molar-refractivity contribution >= 4 is 17.6 Å². The number of para-hydroxylation sites is 1. The molecule has 2 aliphatic heterocycles. The van der Waals surface area contributed by atoms with Crippen LogP contribution in [0.1, 0.15) is 25.7 Å². The van der Waals surface area contributed by atoms with Crippen molar-refractivity contribution in [2.75, 3.05) is 32.8 Å². The van der Waals surface area contributed by atoms with E-state index in [9.17, 15) is 4.79 Å². The fourth-order valence-corrected chi connectivity index (χ4v) is 3.39. The van der Waals surface area contributed by atoms with Crippen LogP contribution in [0.5, 0.6) is 5.75 Å². The summed E-state index contributed by atoms with van der Waals surface area (Å²) >= 11 is 6.13. The Hall–Kier alpha value is -1.46. The van der Waals surface area contributed by atoms with Crippen LogP contribution in [-0.2, 0) is 4.74 Å². The molecule has 1 N–H and O–H groups in total. The first-order valence-corrected chi connectivity index (χ1v) is 9.12. The van der Waals surface area contributed by atoms with Gasteiger partial charge in [0, 0.05) is 39.1 Å². The smallest absolute Gasteiger partial charge is 0.317 e. The number of nitrogens with zero attached hydrogens (tertiary/aromatic N) is 1. The van der Waals surface area contributed by atoms with Crippen LogP contribution in [-0.4, -0.2) is 49.9 Å². The second kappa shape index (κ2) is 8.58. The highest BCUT2D eigenvalue weighted by molar-refractivity contribution is 6.32. The van der Waals surface area contributed by atoms with Crippen LogP contribution in [0.2, 0.25) is 5.02 Å². The standard InChI is InChI=1S/C18H25ClN2O3/c19-16-5-1-2-6-17(16)24-15-7-9-21(10-8-15)18(22)20-12-14-4-3-11-23-13-14/h1-2,5-6,14-15H,3-4,7-13H2,(H,20,22)/t14-/m1/s1. The average Bonchev–Trinajstić information content (AvgIpc) is 2.63. The number of rotatable bonds is 4. The monoisotopic (exact) mass is 352 g/mol. The summed E-state index contributed by atoms with van der Waals surface area (Å²) in [5, 5.41) is 3.67. The van der Waals surface area contributed by atoms with Crippen LogP contribution >= 0.6 is 11.6 Å². The van der Waals surface area contributed by atoms with Crippen LogP contribution in [0.4, 0.5) is 4.79 Å². The molecule has 0 aliphatic carbocycles. The zero-order valence-corrected chi connectivity index (χ0v) is 14.6. The summed E-state index contributed by atoms with van der Waals surface area (Å²) in [6, 6.07) is 7.54. The maximum Gasteiger partial charge on any atom is 0.317 e. The number of halogens is 1. The summed E-state index contributed by atoms with van der Waals surface area (Å²) in [6.45, 7) is 3.73. The van der Waals surface area contributed by atoms with E-state index in [1.807, 2.05) is 29.2 Å². The Morgan fingerprint density at radius 2 is 2.08 bits per heavy atom. The number of likely N-dealkylation sites (tertiary alicyclic amines) is 1. The molecule has 1 atom stereocenters. The van der Waals surface area contributed by atoms with Crippen molar-refractivity contribution in [1.29, 1.82) is 0 Å². The van der Waals surface area contributed by atoms with Gasteiger partial charge in [-0.2, -0.15) is 0 Å². The molecule has 0 saturated carbocycles. The number of carbonyl (C=O) groups excluding carboxylic acids is 1. The Kier molecular flexibility index (Phi) is 6.21. The van der Waals surface area contributed by atoms with Gasteiger partial charge in [-0.25, -0.2) is 4.79 Å². The zero-order valence-electron chi connectivity index (χ0n) is 13.9. The average molecular weight is 353 g/mol. The molecule has 1 aromatic carbocycles. The van der Waals surface area contributed by atoms with Gasteiger partial charge in [-0.1, -0.05) is 23.7 Å². The minimum Gasteiger partial charge on any atom is -0.489 e. The number of hydrogen-bond acceptors (Lipinski definition) is 3. The normalized spacial score (nSPS) is 22.2. The summed E-state index contributed by atoms with van der Waals surface area (Å²) in [4.78, 5) is 14.1. The highest BCUT2D eigenvalue weighted by atomic mass is 35.5. The number of nitrogens with one attached hydrogen (secondary N) is 1. The molecule has 0 radical (unpaired) electrons. The second-order valence-electron chi connectivity index (χ2n) is 6.50. The zero-order chi connectivity index (χ0) is 16.8. The number of urea groups is 1. The number of benzene rings is 1. The van der Waals surface area contributed by atoms with Gasteiger partial charge in [0.2, 0.25) is 0 Å². The quantitative estimate of drug-likeness (QED) is 0.904. The molecule has 0 aromatic heterocycles. The molecular weight excluding hydrogens is 328 g/mol. The maximum absolute atomic E-state index is 12.3. The van der Waals surface area contributed by atoms with Crippen LogP contribution in [0.25, 0.3) is 0 Å². The van der Waals surface area contributed by atoms with Gasteiger partial charge in [0.25, 0.3) is 0 Å². The van der Waals surface area contributed by atoms with Gasteiger partial charge >= 0.3 is 6.03 Å². The van der Waals surface area contributed by atoms with Gasteiger partial charge in [0.1, 0.15) is 11.9 Å². The Balaban J connectivity index is 1.39. The third kappa shape index (κ3) is 4.77. The molecule has 2 fully saturated rings. The molecule has 0 bridgehead atoms. The number of carbonyl (C=O) groups is 1. The molecule has 132 valence electrons. The molecule has 0 spiro atoms. The lowest BCUT2D eigenvalue weighted by molar-refractivity contribution is 0.0545. The van der Waals surface area contributed by atoms with Crippen LogP contribution in [0.3, 0.4) is 0 Å². The van der Waals surface area contributed by atoms with E-state index in [-0.39, 0.29) is 12.1 Å². The first-order chi connectivity index (χ1) is 11.7. The summed E-state index contributed by atoms with van der Waals surface area (Å²) in [7, 11) is 0. The van der Waals surface area contributed by atoms with E-state index in [1.54, 1.807) is 0 Å². The van der Waals surface area contributed by atoms with Gasteiger partial charge in [-0.15, -0.1) is 0 Å². The molecule has 5 nitrogen and oxygen atoms in total. The Bertz CT molecular complexity index is 541. The van der Waals surface area contributed by atoms with Crippen LogP contribution in [0, 0.1) is 5.92 Å². The van der Waals surface area contributed by atoms with Crippen LogP contribution in [0.15, 0.2) is 24.3 Å². The first-order valence-electron chi connectivity index (χ1n) is 8.74. The van der Waals surface area contributed by atoms with Gasteiger partial charge in [-0.05, 0) is 30.9 Å². The molecular formula is C18H25ClN2O3. The molecule has 3 rings (SSSR count). The van der Waals surface area contributed by atoms with E-state index >= 15 is 0 Å². The largest absolute Gasteiger partial charge is 0.489 e. The fraction of sp³-hybridized carbons (Fsp3) is 0.611. The van der Waals surface area contributed by atoms with Gasteiger partial charge in [-0.3, -0.25) is 0 Å². The van der Waals surface area contributed by atoms with Crippen molar-refractivity contribution in [2.45, 2.75) is 31.8 Å². The topological polar surface area (TPSA) is 50.8 Å². The highest BCUT2D eigenvalue weighted by Crippen LogP contribution is 2.26. The van der Waals surface area contributed by atoms with Crippen molar-refractivity contribution in [3.63, 3.8) is 0 Å². The van der Waals surface area contributed by atoms with Gasteiger partial charge < -0.3 is 19.7 Å². The molecule has 0 unspecified atom stereocenters. The lowest BCUT2D eigenvalue weighted by Crippen LogP contribution is -2.47. The Labute approximate surface area is 148 Å². The first kappa shape index (κ1) is 17.4. The number of piperidine rings is 1. The molecule has 2 amide bonds. The molecule has 1 aromatic rings. The Morgan fingerprint density at radius 1 is 1.29 bits per heavy atom. The minimum atomic E-state index is 0.0248. The van der Waals surface area contributed by atoms with Crippen molar-refractivity contribution < 1.29 is 14.3 Å². The number of amides is 2. The molecule has 24 heavy (non-hydrogen) atoms. The minimum absolute atomic E-state index is 0.0248.